The summed E-state index contributed by atoms with van der Waals surface area (Å²) in [7, 11) is 0. The summed E-state index contributed by atoms with van der Waals surface area (Å²) in [6.07, 6.45) is 0. The van der Waals surface area contributed by atoms with Crippen LogP contribution in [0.15, 0.2) is 48.5 Å². The fraction of sp³-hybridized carbons (Fsp3) is 0.318. The number of urea groups is 1. The summed E-state index contributed by atoms with van der Waals surface area (Å²) in [6.45, 7) is 7.39. The Morgan fingerprint density at radius 2 is 1.75 bits per heavy atom. The summed E-state index contributed by atoms with van der Waals surface area (Å²) >= 11 is 0. The van der Waals surface area contributed by atoms with Crippen LogP contribution in [-0.2, 0) is 15.1 Å². The molecule has 1 saturated heterocycles. The van der Waals surface area contributed by atoms with Crippen LogP contribution in [0.1, 0.15) is 43.4 Å². The molecular weight excluding hydrogens is 354 g/mol. The zero-order chi connectivity index (χ0) is 20.5. The van der Waals surface area contributed by atoms with E-state index in [9.17, 15) is 14.4 Å². The molecule has 0 saturated carbocycles. The van der Waals surface area contributed by atoms with Gasteiger partial charge in [0.05, 0.1) is 0 Å². The SMILES string of the molecule is Cc1ccccc1NC(=O)CN1C(=O)N[C@](C)(c2ccc(C(C)C)cc2)C1=O. The van der Waals surface area contributed by atoms with Gasteiger partial charge >= 0.3 is 6.03 Å². The highest BCUT2D eigenvalue weighted by Gasteiger charge is 2.49. The topological polar surface area (TPSA) is 78.5 Å². The highest BCUT2D eigenvalue weighted by Crippen LogP contribution is 2.30. The zero-order valence-corrected chi connectivity index (χ0v) is 16.6. The predicted octanol–water partition coefficient (Wildman–Crippen LogP) is 3.52. The monoisotopic (exact) mass is 379 g/mol. The number of amides is 4. The van der Waals surface area contributed by atoms with Crippen molar-refractivity contribution in [2.45, 2.75) is 39.2 Å². The number of nitrogens with zero attached hydrogens (tertiary/aromatic N) is 1. The maximum Gasteiger partial charge on any atom is 0.325 e. The second-order valence-corrected chi connectivity index (χ2v) is 7.59. The van der Waals surface area contributed by atoms with Gasteiger partial charge in [-0.3, -0.25) is 14.5 Å². The maximum atomic E-state index is 13.0. The van der Waals surface area contributed by atoms with Crippen LogP contribution in [0.3, 0.4) is 0 Å². The molecule has 0 spiro atoms. The smallest absolute Gasteiger partial charge is 0.324 e. The molecule has 1 aliphatic heterocycles. The molecule has 0 bridgehead atoms. The molecule has 4 amide bonds. The molecule has 6 nitrogen and oxygen atoms in total. The number of anilines is 1. The normalized spacial score (nSPS) is 19.1. The van der Waals surface area contributed by atoms with Gasteiger partial charge in [0.1, 0.15) is 12.1 Å². The third kappa shape index (κ3) is 3.63. The quantitative estimate of drug-likeness (QED) is 0.780. The molecule has 1 fully saturated rings. The van der Waals surface area contributed by atoms with Crippen LogP contribution in [0.5, 0.6) is 0 Å². The first kappa shape index (κ1) is 19.6. The summed E-state index contributed by atoms with van der Waals surface area (Å²) in [4.78, 5) is 38.7. The van der Waals surface area contributed by atoms with Crippen LogP contribution in [0.2, 0.25) is 0 Å². The van der Waals surface area contributed by atoms with Crippen molar-refractivity contribution in [1.29, 1.82) is 0 Å². The van der Waals surface area contributed by atoms with Crippen molar-refractivity contribution in [1.82, 2.24) is 10.2 Å². The van der Waals surface area contributed by atoms with Crippen molar-refractivity contribution in [3.05, 3.63) is 65.2 Å². The Labute approximate surface area is 164 Å². The Hall–Kier alpha value is -3.15. The minimum atomic E-state index is -1.18. The Bertz CT molecular complexity index is 921. The zero-order valence-electron chi connectivity index (χ0n) is 16.6. The van der Waals surface area contributed by atoms with E-state index in [1.807, 2.05) is 49.4 Å². The lowest BCUT2D eigenvalue weighted by Gasteiger charge is -2.22. The number of hydrogen-bond acceptors (Lipinski definition) is 3. The molecule has 0 radical (unpaired) electrons. The number of rotatable bonds is 5. The second kappa shape index (κ2) is 7.46. The van der Waals surface area contributed by atoms with Crippen LogP contribution in [0, 0.1) is 6.92 Å². The lowest BCUT2D eigenvalue weighted by Crippen LogP contribution is -2.42. The molecule has 2 aromatic rings. The molecule has 0 aliphatic carbocycles. The number of carbonyl (C=O) groups excluding carboxylic acids is 3. The molecule has 1 aliphatic rings. The van der Waals surface area contributed by atoms with Crippen LogP contribution in [-0.4, -0.2) is 29.3 Å². The Morgan fingerprint density at radius 1 is 1.11 bits per heavy atom. The number of aryl methyl sites for hydroxylation is 1. The van der Waals surface area contributed by atoms with Crippen molar-refractivity contribution in [2.24, 2.45) is 0 Å². The summed E-state index contributed by atoms with van der Waals surface area (Å²) < 4.78 is 0. The van der Waals surface area contributed by atoms with E-state index in [4.69, 9.17) is 0 Å². The van der Waals surface area contributed by atoms with Gasteiger partial charge in [-0.25, -0.2) is 4.79 Å². The van der Waals surface area contributed by atoms with Gasteiger partial charge in [-0.05, 0) is 42.5 Å². The maximum absolute atomic E-state index is 13.0. The highest BCUT2D eigenvalue weighted by molar-refractivity contribution is 6.10. The number of para-hydroxylation sites is 1. The molecule has 0 aromatic heterocycles. The number of hydrogen-bond donors (Lipinski definition) is 2. The minimum absolute atomic E-state index is 0.335. The summed E-state index contributed by atoms with van der Waals surface area (Å²) in [5.41, 5.74) is 2.22. The minimum Gasteiger partial charge on any atom is -0.324 e. The number of benzene rings is 2. The van der Waals surface area contributed by atoms with Gasteiger partial charge in [-0.2, -0.15) is 0 Å². The number of carbonyl (C=O) groups is 3. The van der Waals surface area contributed by atoms with Crippen LogP contribution < -0.4 is 10.6 Å². The average Bonchev–Trinajstić information content (AvgIpc) is 2.88. The molecule has 28 heavy (non-hydrogen) atoms. The standard InChI is InChI=1S/C22H25N3O3/c1-14(2)16-9-11-17(12-10-16)22(4)20(27)25(21(28)24-22)13-19(26)23-18-8-6-5-7-15(18)3/h5-12,14H,13H2,1-4H3,(H,23,26)(H,24,28)/t22-/m1/s1. The van der Waals surface area contributed by atoms with Gasteiger partial charge < -0.3 is 10.6 Å². The lowest BCUT2D eigenvalue weighted by molar-refractivity contribution is -0.133. The fourth-order valence-electron chi connectivity index (χ4n) is 3.28. The van der Waals surface area contributed by atoms with Crippen LogP contribution >= 0.6 is 0 Å². The first-order chi connectivity index (χ1) is 13.2. The van der Waals surface area contributed by atoms with Crippen molar-refractivity contribution >= 4 is 23.5 Å². The van der Waals surface area contributed by atoms with Gasteiger partial charge in [0, 0.05) is 5.69 Å². The van der Waals surface area contributed by atoms with E-state index in [2.05, 4.69) is 24.5 Å². The van der Waals surface area contributed by atoms with E-state index in [1.165, 1.54) is 0 Å². The van der Waals surface area contributed by atoms with Crippen LogP contribution in [0.4, 0.5) is 10.5 Å². The molecule has 146 valence electrons. The van der Waals surface area contributed by atoms with E-state index < -0.39 is 23.4 Å². The second-order valence-electron chi connectivity index (χ2n) is 7.59. The largest absolute Gasteiger partial charge is 0.325 e. The molecule has 2 aromatic carbocycles. The summed E-state index contributed by atoms with van der Waals surface area (Å²) in [5.74, 6) is -0.482. The van der Waals surface area contributed by atoms with E-state index in [0.717, 1.165) is 16.0 Å². The van der Waals surface area contributed by atoms with Gasteiger partial charge in [-0.1, -0.05) is 56.3 Å². The van der Waals surface area contributed by atoms with Crippen molar-refractivity contribution < 1.29 is 14.4 Å². The molecule has 1 atom stereocenters. The molecule has 1 heterocycles. The van der Waals surface area contributed by atoms with Crippen molar-refractivity contribution in [2.75, 3.05) is 11.9 Å². The van der Waals surface area contributed by atoms with E-state index in [-0.39, 0.29) is 6.54 Å². The number of imide groups is 1. The van der Waals surface area contributed by atoms with Gasteiger partial charge in [0.15, 0.2) is 0 Å². The van der Waals surface area contributed by atoms with Crippen molar-refractivity contribution in [3.8, 4) is 0 Å². The molecule has 0 unspecified atom stereocenters. The highest BCUT2D eigenvalue weighted by atomic mass is 16.2. The first-order valence-corrected chi connectivity index (χ1v) is 9.32. The average molecular weight is 379 g/mol. The van der Waals surface area contributed by atoms with Gasteiger partial charge in [0.2, 0.25) is 5.91 Å². The first-order valence-electron chi connectivity index (χ1n) is 9.32. The van der Waals surface area contributed by atoms with Crippen LogP contribution in [0.25, 0.3) is 0 Å². The molecular formula is C22H25N3O3. The third-order valence-corrected chi connectivity index (χ3v) is 5.15. The molecule has 3 rings (SSSR count). The summed E-state index contributed by atoms with van der Waals surface area (Å²) in [6, 6.07) is 14.4. The summed E-state index contributed by atoms with van der Waals surface area (Å²) in [5, 5.41) is 5.49. The van der Waals surface area contributed by atoms with E-state index in [1.54, 1.807) is 13.0 Å². The fourth-order valence-corrected chi connectivity index (χ4v) is 3.28. The van der Waals surface area contributed by atoms with E-state index >= 15 is 0 Å². The Balaban J connectivity index is 1.75. The van der Waals surface area contributed by atoms with Gasteiger partial charge in [0.25, 0.3) is 5.91 Å². The van der Waals surface area contributed by atoms with Crippen molar-refractivity contribution in [3.63, 3.8) is 0 Å². The van der Waals surface area contributed by atoms with E-state index in [0.29, 0.717) is 17.2 Å². The number of nitrogens with one attached hydrogen (secondary N) is 2. The third-order valence-electron chi connectivity index (χ3n) is 5.15. The van der Waals surface area contributed by atoms with Gasteiger partial charge in [-0.15, -0.1) is 0 Å². The molecule has 6 heteroatoms. The Morgan fingerprint density at radius 3 is 2.36 bits per heavy atom. The Kier molecular flexibility index (Phi) is 5.23. The predicted molar refractivity (Wildman–Crippen MR) is 108 cm³/mol. The molecule has 2 N–H and O–H groups in total. The lowest BCUT2D eigenvalue weighted by atomic mass is 9.90.